The summed E-state index contributed by atoms with van der Waals surface area (Å²) < 4.78 is 37.5. The van der Waals surface area contributed by atoms with Crippen LogP contribution in [0.15, 0.2) is 29.8 Å². The average Bonchev–Trinajstić information content (AvgIpc) is 2.89. The van der Waals surface area contributed by atoms with E-state index in [-0.39, 0.29) is 11.7 Å². The van der Waals surface area contributed by atoms with Gasteiger partial charge in [0.1, 0.15) is 11.5 Å². The fourth-order valence-corrected chi connectivity index (χ4v) is 2.21. The molecule has 0 fully saturated rings. The monoisotopic (exact) mass is 287 g/mol. The van der Waals surface area contributed by atoms with Gasteiger partial charge in [-0.25, -0.2) is 9.97 Å². The molecule has 2 rings (SSSR count). The maximum atomic E-state index is 12.5. The molecule has 0 bridgehead atoms. The number of halogens is 3. The Balaban J connectivity index is 2.00. The Bertz CT molecular complexity index is 525. The number of aromatic nitrogens is 2. The molecule has 102 valence electrons. The molecule has 0 radical (unpaired) electrons. The lowest BCUT2D eigenvalue weighted by Gasteiger charge is -2.12. The van der Waals surface area contributed by atoms with E-state index in [2.05, 4.69) is 15.3 Å². The van der Waals surface area contributed by atoms with Crippen LogP contribution in [-0.2, 0) is 6.18 Å². The predicted molar refractivity (Wildman–Crippen MR) is 68.3 cm³/mol. The molecule has 0 saturated carbocycles. The van der Waals surface area contributed by atoms with E-state index in [1.165, 1.54) is 23.5 Å². The van der Waals surface area contributed by atoms with Crippen LogP contribution >= 0.6 is 11.3 Å². The smallest absolute Gasteiger partial charge is 0.369 e. The zero-order valence-corrected chi connectivity index (χ0v) is 10.9. The first-order valence-electron chi connectivity index (χ1n) is 5.64. The van der Waals surface area contributed by atoms with Crippen molar-refractivity contribution in [3.63, 3.8) is 0 Å². The van der Waals surface area contributed by atoms with E-state index in [1.807, 2.05) is 12.3 Å². The van der Waals surface area contributed by atoms with Gasteiger partial charge in [-0.1, -0.05) is 13.0 Å². The molecular weight excluding hydrogens is 275 g/mol. The number of alkyl halides is 3. The molecule has 0 spiro atoms. The third-order valence-corrected chi connectivity index (χ3v) is 3.51. The molecule has 0 aliphatic rings. The summed E-state index contributed by atoms with van der Waals surface area (Å²) in [7, 11) is 0. The van der Waals surface area contributed by atoms with E-state index in [4.69, 9.17) is 0 Å². The van der Waals surface area contributed by atoms with E-state index >= 15 is 0 Å². The van der Waals surface area contributed by atoms with Crippen molar-refractivity contribution >= 4 is 17.2 Å². The molecule has 3 nitrogen and oxygen atoms in total. The normalized spacial score (nSPS) is 13.3. The molecule has 2 heterocycles. The number of hydrogen-bond acceptors (Lipinski definition) is 4. The topological polar surface area (TPSA) is 37.8 Å². The van der Waals surface area contributed by atoms with Crippen LogP contribution in [0.5, 0.6) is 0 Å². The van der Waals surface area contributed by atoms with E-state index in [1.54, 1.807) is 6.20 Å². The zero-order valence-electron chi connectivity index (χ0n) is 10.1. The van der Waals surface area contributed by atoms with Gasteiger partial charge in [0.25, 0.3) is 0 Å². The summed E-state index contributed by atoms with van der Waals surface area (Å²) in [5.74, 6) is 0.342. The lowest BCUT2D eigenvalue weighted by atomic mass is 10.2. The van der Waals surface area contributed by atoms with Gasteiger partial charge in [-0.2, -0.15) is 13.2 Å². The fraction of sp³-hybridized carbons (Fsp3) is 0.333. The average molecular weight is 287 g/mol. The lowest BCUT2D eigenvalue weighted by molar-refractivity contribution is -0.141. The van der Waals surface area contributed by atoms with Crippen molar-refractivity contribution in [3.8, 4) is 0 Å². The summed E-state index contributed by atoms with van der Waals surface area (Å²) in [4.78, 5) is 7.71. The minimum Gasteiger partial charge on any atom is -0.369 e. The largest absolute Gasteiger partial charge is 0.433 e. The van der Waals surface area contributed by atoms with Crippen molar-refractivity contribution < 1.29 is 13.2 Å². The van der Waals surface area contributed by atoms with Crippen molar-refractivity contribution in [3.05, 3.63) is 40.5 Å². The minimum atomic E-state index is -4.42. The second-order valence-electron chi connectivity index (χ2n) is 4.06. The highest BCUT2D eigenvalue weighted by atomic mass is 32.1. The Morgan fingerprint density at radius 2 is 2.16 bits per heavy atom. The lowest BCUT2D eigenvalue weighted by Crippen LogP contribution is -2.13. The Labute approximate surface area is 112 Å². The first-order valence-corrected chi connectivity index (χ1v) is 6.52. The second kappa shape index (κ2) is 5.56. The summed E-state index contributed by atoms with van der Waals surface area (Å²) in [5, 5.41) is 5.71. The SMILES string of the molecule is CC(CNc1cccc(C(F)(F)F)n1)c1nccs1. The highest BCUT2D eigenvalue weighted by Gasteiger charge is 2.32. The molecule has 1 atom stereocenters. The molecular formula is C12H12F3N3S. The van der Waals surface area contributed by atoms with Gasteiger partial charge < -0.3 is 5.32 Å². The summed E-state index contributed by atoms with van der Waals surface area (Å²) in [6, 6.07) is 3.81. The van der Waals surface area contributed by atoms with Gasteiger partial charge >= 0.3 is 6.18 Å². The van der Waals surface area contributed by atoms with E-state index < -0.39 is 11.9 Å². The molecule has 2 aromatic heterocycles. The maximum Gasteiger partial charge on any atom is 0.433 e. The van der Waals surface area contributed by atoms with Gasteiger partial charge in [0, 0.05) is 24.0 Å². The van der Waals surface area contributed by atoms with Crippen LogP contribution in [0.2, 0.25) is 0 Å². The van der Waals surface area contributed by atoms with Crippen molar-refractivity contribution in [2.24, 2.45) is 0 Å². The van der Waals surface area contributed by atoms with Gasteiger partial charge in [0.05, 0.1) is 5.01 Å². The molecule has 0 aliphatic heterocycles. The van der Waals surface area contributed by atoms with Crippen LogP contribution in [0, 0.1) is 0 Å². The predicted octanol–water partition coefficient (Wildman–Crippen LogP) is 3.77. The quantitative estimate of drug-likeness (QED) is 0.930. The Morgan fingerprint density at radius 3 is 2.79 bits per heavy atom. The Kier molecular flexibility index (Phi) is 4.04. The van der Waals surface area contributed by atoms with Crippen LogP contribution in [0.4, 0.5) is 19.0 Å². The number of pyridine rings is 1. The number of nitrogens with zero attached hydrogens (tertiary/aromatic N) is 2. The van der Waals surface area contributed by atoms with Gasteiger partial charge in [-0.15, -0.1) is 11.3 Å². The van der Waals surface area contributed by atoms with Crippen LogP contribution in [-0.4, -0.2) is 16.5 Å². The van der Waals surface area contributed by atoms with Crippen molar-refractivity contribution in [1.82, 2.24) is 9.97 Å². The van der Waals surface area contributed by atoms with Crippen molar-refractivity contribution in [1.29, 1.82) is 0 Å². The van der Waals surface area contributed by atoms with Crippen molar-refractivity contribution in [2.75, 3.05) is 11.9 Å². The molecule has 7 heteroatoms. The van der Waals surface area contributed by atoms with E-state index in [0.717, 1.165) is 11.1 Å². The molecule has 1 unspecified atom stereocenters. The van der Waals surface area contributed by atoms with Gasteiger partial charge in [0.15, 0.2) is 0 Å². The summed E-state index contributed by atoms with van der Waals surface area (Å²) in [5.41, 5.74) is -0.889. The number of hydrogen-bond donors (Lipinski definition) is 1. The molecule has 0 saturated heterocycles. The number of nitrogens with one attached hydrogen (secondary N) is 1. The second-order valence-corrected chi connectivity index (χ2v) is 4.98. The molecule has 0 aromatic carbocycles. The van der Waals surface area contributed by atoms with Crippen LogP contribution in [0.1, 0.15) is 23.5 Å². The molecule has 19 heavy (non-hydrogen) atoms. The summed E-state index contributed by atoms with van der Waals surface area (Å²) >= 11 is 1.52. The van der Waals surface area contributed by atoms with Gasteiger partial charge in [0.2, 0.25) is 0 Å². The first kappa shape index (κ1) is 13.8. The van der Waals surface area contributed by atoms with E-state index in [0.29, 0.717) is 6.54 Å². The van der Waals surface area contributed by atoms with Crippen LogP contribution in [0.25, 0.3) is 0 Å². The number of rotatable bonds is 4. The van der Waals surface area contributed by atoms with Crippen LogP contribution < -0.4 is 5.32 Å². The number of anilines is 1. The standard InChI is InChI=1S/C12H12F3N3S/c1-8(11-16-5-6-19-11)7-17-10-4-2-3-9(18-10)12(13,14)15/h2-6,8H,7H2,1H3,(H,17,18). The highest BCUT2D eigenvalue weighted by molar-refractivity contribution is 7.09. The summed E-state index contributed by atoms with van der Waals surface area (Å²) in [6.07, 6.45) is -2.71. The van der Waals surface area contributed by atoms with Crippen molar-refractivity contribution in [2.45, 2.75) is 19.0 Å². The Hall–Kier alpha value is -1.63. The zero-order chi connectivity index (χ0) is 13.9. The Morgan fingerprint density at radius 1 is 1.37 bits per heavy atom. The minimum absolute atomic E-state index is 0.122. The molecule has 1 N–H and O–H groups in total. The third kappa shape index (κ3) is 3.66. The number of thiazole rings is 1. The maximum absolute atomic E-state index is 12.5. The first-order chi connectivity index (χ1) is 8.97. The molecule has 0 aliphatic carbocycles. The van der Waals surface area contributed by atoms with Gasteiger partial charge in [-0.05, 0) is 12.1 Å². The highest BCUT2D eigenvalue weighted by Crippen LogP contribution is 2.28. The van der Waals surface area contributed by atoms with Crippen LogP contribution in [0.3, 0.4) is 0 Å². The third-order valence-electron chi connectivity index (χ3n) is 2.50. The fourth-order valence-electron chi connectivity index (χ4n) is 1.51. The molecule has 2 aromatic rings. The molecule has 0 amide bonds. The van der Waals surface area contributed by atoms with E-state index in [9.17, 15) is 13.2 Å². The summed E-state index contributed by atoms with van der Waals surface area (Å²) in [6.45, 7) is 2.45. The van der Waals surface area contributed by atoms with Gasteiger partial charge in [-0.3, -0.25) is 0 Å².